The van der Waals surface area contributed by atoms with E-state index in [4.69, 9.17) is 10.5 Å². The highest BCUT2D eigenvalue weighted by Crippen LogP contribution is 2.20. The van der Waals surface area contributed by atoms with Crippen LogP contribution in [0.15, 0.2) is 12.4 Å². The minimum absolute atomic E-state index is 0. The number of alkyl halides is 2. The highest BCUT2D eigenvalue weighted by atomic mass is 35.5. The Morgan fingerprint density at radius 3 is 2.95 bits per heavy atom. The molecule has 1 amide bonds. The van der Waals surface area contributed by atoms with Crippen molar-refractivity contribution in [2.24, 2.45) is 5.73 Å². The molecule has 1 aliphatic heterocycles. The van der Waals surface area contributed by atoms with Crippen LogP contribution in [0.2, 0.25) is 0 Å². The minimum Gasteiger partial charge on any atom is -0.364 e. The quantitative estimate of drug-likeness (QED) is 0.850. The average Bonchev–Trinajstić information content (AvgIpc) is 2.97. The summed E-state index contributed by atoms with van der Waals surface area (Å²) in [6.45, 7) is -0.110. The first kappa shape index (κ1) is 16.8. The number of nitrogens with one attached hydrogen (secondary N) is 1. The van der Waals surface area contributed by atoms with Crippen molar-refractivity contribution in [3.05, 3.63) is 12.4 Å². The molecular formula is C11H17ClF2N4O2. The van der Waals surface area contributed by atoms with Gasteiger partial charge in [-0.25, -0.2) is 8.78 Å². The summed E-state index contributed by atoms with van der Waals surface area (Å²) in [5.41, 5.74) is 5.84. The maximum atomic E-state index is 12.1. The monoisotopic (exact) mass is 310 g/mol. The van der Waals surface area contributed by atoms with E-state index in [-0.39, 0.29) is 24.4 Å². The molecule has 0 bridgehead atoms. The van der Waals surface area contributed by atoms with E-state index in [2.05, 4.69) is 10.4 Å². The van der Waals surface area contributed by atoms with Gasteiger partial charge in [-0.3, -0.25) is 9.48 Å². The first-order chi connectivity index (χ1) is 9.08. The molecule has 1 fully saturated rings. The Hall–Kier alpha value is -1.25. The van der Waals surface area contributed by atoms with Crippen molar-refractivity contribution in [1.82, 2.24) is 9.78 Å². The number of aromatic nitrogens is 2. The van der Waals surface area contributed by atoms with Gasteiger partial charge in [0, 0.05) is 12.7 Å². The molecule has 0 aromatic carbocycles. The number of nitrogens with zero attached hydrogens (tertiary/aromatic N) is 2. The summed E-state index contributed by atoms with van der Waals surface area (Å²) in [6.07, 6.45) is 0.948. The van der Waals surface area contributed by atoms with Gasteiger partial charge in [-0.1, -0.05) is 0 Å². The number of hydrogen-bond donors (Lipinski definition) is 2. The third kappa shape index (κ3) is 4.39. The zero-order valence-corrected chi connectivity index (χ0v) is 11.5. The van der Waals surface area contributed by atoms with Gasteiger partial charge in [0.25, 0.3) is 12.3 Å². The number of nitrogens with two attached hydrogens (primary N) is 1. The van der Waals surface area contributed by atoms with E-state index in [1.54, 1.807) is 0 Å². The molecular weight excluding hydrogens is 294 g/mol. The van der Waals surface area contributed by atoms with Crippen LogP contribution in [0.3, 0.4) is 0 Å². The SMILES string of the molecule is Cl.NC[C@H]1CC[C@@H](C(=O)Nc2cnn(CC(F)F)c2)O1. The lowest BCUT2D eigenvalue weighted by atomic mass is 10.2. The topological polar surface area (TPSA) is 82.2 Å². The van der Waals surface area contributed by atoms with Gasteiger partial charge >= 0.3 is 0 Å². The van der Waals surface area contributed by atoms with Gasteiger partial charge in [-0.15, -0.1) is 12.4 Å². The molecule has 9 heteroatoms. The Morgan fingerprint density at radius 1 is 1.60 bits per heavy atom. The second kappa shape index (κ2) is 7.51. The molecule has 3 N–H and O–H groups in total. The zero-order valence-electron chi connectivity index (χ0n) is 10.7. The lowest BCUT2D eigenvalue weighted by Crippen LogP contribution is -2.29. The third-order valence-electron chi connectivity index (χ3n) is 2.89. The van der Waals surface area contributed by atoms with Crippen molar-refractivity contribution in [2.75, 3.05) is 11.9 Å². The Labute approximate surface area is 121 Å². The van der Waals surface area contributed by atoms with Gasteiger partial charge in [0.05, 0.1) is 18.0 Å². The maximum absolute atomic E-state index is 12.1. The fourth-order valence-corrected chi connectivity index (χ4v) is 1.96. The molecule has 6 nitrogen and oxygen atoms in total. The van der Waals surface area contributed by atoms with Crippen LogP contribution in [0.25, 0.3) is 0 Å². The van der Waals surface area contributed by atoms with Crippen molar-refractivity contribution >= 4 is 24.0 Å². The molecule has 20 heavy (non-hydrogen) atoms. The predicted octanol–water partition coefficient (Wildman–Crippen LogP) is 1.01. The molecule has 1 aliphatic rings. The number of ether oxygens (including phenoxy) is 1. The van der Waals surface area contributed by atoms with Gasteiger partial charge in [0.1, 0.15) is 12.6 Å². The number of halogens is 3. The smallest absolute Gasteiger partial charge is 0.257 e. The normalized spacial score (nSPS) is 21.8. The summed E-state index contributed by atoms with van der Waals surface area (Å²) in [4.78, 5) is 11.8. The molecule has 0 unspecified atom stereocenters. The predicted molar refractivity (Wildman–Crippen MR) is 71.1 cm³/mol. The summed E-state index contributed by atoms with van der Waals surface area (Å²) in [7, 11) is 0. The molecule has 0 saturated carbocycles. The van der Waals surface area contributed by atoms with Gasteiger partial charge in [-0.05, 0) is 12.8 Å². The first-order valence-corrected chi connectivity index (χ1v) is 6.05. The van der Waals surface area contributed by atoms with Crippen LogP contribution in [0.4, 0.5) is 14.5 Å². The summed E-state index contributed by atoms with van der Waals surface area (Å²) in [6, 6.07) is 0. The van der Waals surface area contributed by atoms with Gasteiger partial charge in [0.2, 0.25) is 0 Å². The van der Waals surface area contributed by atoms with E-state index < -0.39 is 19.1 Å². The van der Waals surface area contributed by atoms with Crippen LogP contribution in [0, 0.1) is 0 Å². The summed E-state index contributed by atoms with van der Waals surface area (Å²) >= 11 is 0. The Balaban J connectivity index is 0.00000200. The van der Waals surface area contributed by atoms with Crippen molar-refractivity contribution in [1.29, 1.82) is 0 Å². The Kier molecular flexibility index (Phi) is 6.31. The Morgan fingerprint density at radius 2 is 2.35 bits per heavy atom. The number of carbonyl (C=O) groups is 1. The summed E-state index contributed by atoms with van der Waals surface area (Å²) < 4.78 is 30.8. The molecule has 2 heterocycles. The van der Waals surface area contributed by atoms with Gasteiger partial charge < -0.3 is 15.8 Å². The molecule has 2 atom stereocenters. The number of amides is 1. The van der Waals surface area contributed by atoms with E-state index in [1.807, 2.05) is 0 Å². The zero-order chi connectivity index (χ0) is 13.8. The number of rotatable bonds is 5. The van der Waals surface area contributed by atoms with E-state index in [1.165, 1.54) is 12.4 Å². The lowest BCUT2D eigenvalue weighted by Gasteiger charge is -2.11. The second-order valence-electron chi connectivity index (χ2n) is 4.39. The van der Waals surface area contributed by atoms with Crippen LogP contribution in [-0.2, 0) is 16.1 Å². The van der Waals surface area contributed by atoms with Crippen molar-refractivity contribution in [3.8, 4) is 0 Å². The fraction of sp³-hybridized carbons (Fsp3) is 0.636. The average molecular weight is 311 g/mol. The van der Waals surface area contributed by atoms with E-state index in [0.717, 1.165) is 11.1 Å². The van der Waals surface area contributed by atoms with Crippen LogP contribution >= 0.6 is 12.4 Å². The van der Waals surface area contributed by atoms with Crippen LogP contribution < -0.4 is 11.1 Å². The summed E-state index contributed by atoms with van der Waals surface area (Å²) in [5.74, 6) is -0.299. The molecule has 0 radical (unpaired) electrons. The van der Waals surface area contributed by atoms with Crippen molar-refractivity contribution in [2.45, 2.75) is 38.0 Å². The van der Waals surface area contributed by atoms with E-state index in [0.29, 0.717) is 18.7 Å². The standard InChI is InChI=1S/C11H16F2N4O2.ClH/c12-10(13)6-17-5-7(4-15-17)16-11(18)9-2-1-8(3-14)19-9;/h4-5,8-10H,1-3,6,14H2,(H,16,18);1H/t8-,9+;/m1./s1. The molecule has 1 aromatic rings. The molecule has 0 spiro atoms. The number of anilines is 1. The highest BCUT2D eigenvalue weighted by molar-refractivity contribution is 5.94. The van der Waals surface area contributed by atoms with Gasteiger partial charge in [-0.2, -0.15) is 5.10 Å². The highest BCUT2D eigenvalue weighted by Gasteiger charge is 2.29. The third-order valence-corrected chi connectivity index (χ3v) is 2.89. The fourth-order valence-electron chi connectivity index (χ4n) is 1.96. The molecule has 114 valence electrons. The molecule has 1 saturated heterocycles. The van der Waals surface area contributed by atoms with Gasteiger partial charge in [0.15, 0.2) is 0 Å². The maximum Gasteiger partial charge on any atom is 0.257 e. The van der Waals surface area contributed by atoms with E-state index in [9.17, 15) is 13.6 Å². The molecule has 0 aliphatic carbocycles. The van der Waals surface area contributed by atoms with Crippen LogP contribution in [-0.4, -0.2) is 40.9 Å². The van der Waals surface area contributed by atoms with Crippen LogP contribution in [0.1, 0.15) is 12.8 Å². The van der Waals surface area contributed by atoms with Crippen molar-refractivity contribution < 1.29 is 18.3 Å². The number of hydrogen-bond acceptors (Lipinski definition) is 4. The van der Waals surface area contributed by atoms with Crippen LogP contribution in [0.5, 0.6) is 0 Å². The lowest BCUT2D eigenvalue weighted by molar-refractivity contribution is -0.126. The second-order valence-corrected chi connectivity index (χ2v) is 4.39. The van der Waals surface area contributed by atoms with Crippen molar-refractivity contribution in [3.63, 3.8) is 0 Å². The largest absolute Gasteiger partial charge is 0.364 e. The Bertz CT molecular complexity index is 444. The molecule has 1 aromatic heterocycles. The molecule has 2 rings (SSSR count). The summed E-state index contributed by atoms with van der Waals surface area (Å²) in [5, 5.41) is 6.32. The van der Waals surface area contributed by atoms with E-state index >= 15 is 0 Å². The first-order valence-electron chi connectivity index (χ1n) is 6.05. The number of carbonyl (C=O) groups excluding carboxylic acids is 1. The minimum atomic E-state index is -2.48.